The van der Waals surface area contributed by atoms with Gasteiger partial charge in [-0.15, -0.1) is 0 Å². The molecule has 1 saturated heterocycles. The second kappa shape index (κ2) is 7.88. The minimum Gasteiger partial charge on any atom is -0.318 e. The molecule has 1 radical (unpaired) electrons. The molecule has 1 unspecified atom stereocenters. The fraction of sp³-hybridized carbons (Fsp3) is 0.556. The van der Waals surface area contributed by atoms with E-state index >= 15 is 0 Å². The number of carbonyl (C=O) groups excluding carboxylic acids is 1. The number of nitrogens with zero attached hydrogens (tertiary/aromatic N) is 3. The summed E-state index contributed by atoms with van der Waals surface area (Å²) in [7, 11) is 4.27. The second-order valence-electron chi connectivity index (χ2n) is 6.78. The Morgan fingerprint density at radius 1 is 1.30 bits per heavy atom. The predicted molar refractivity (Wildman–Crippen MR) is 90.2 cm³/mol. The van der Waals surface area contributed by atoms with E-state index in [-0.39, 0.29) is 44.7 Å². The van der Waals surface area contributed by atoms with E-state index in [1.54, 1.807) is 0 Å². The smallest absolute Gasteiger partial charge is 0.285 e. The zero-order valence-electron chi connectivity index (χ0n) is 14.9. The summed E-state index contributed by atoms with van der Waals surface area (Å²) >= 11 is 0. The van der Waals surface area contributed by atoms with E-state index < -0.39 is 0 Å². The second-order valence-corrected chi connectivity index (χ2v) is 6.78. The van der Waals surface area contributed by atoms with Crippen LogP contribution >= 0.6 is 0 Å². The molecule has 5 heteroatoms. The zero-order valence-corrected chi connectivity index (χ0v) is 17.7. The zero-order chi connectivity index (χ0) is 16.5. The van der Waals surface area contributed by atoms with Crippen LogP contribution in [0.15, 0.2) is 12.1 Å². The molecule has 4 nitrogen and oxygen atoms in total. The van der Waals surface area contributed by atoms with Gasteiger partial charge < -0.3 is 9.38 Å². The number of hydrogen-bond acceptors (Lipinski definition) is 1. The normalized spacial score (nSPS) is 18.3. The summed E-state index contributed by atoms with van der Waals surface area (Å²) < 4.78 is 0.730. The van der Waals surface area contributed by atoms with Crippen LogP contribution in [0.25, 0.3) is 4.85 Å². The van der Waals surface area contributed by atoms with Crippen LogP contribution in [-0.2, 0) is 37.5 Å². The van der Waals surface area contributed by atoms with E-state index in [4.69, 9.17) is 6.57 Å². The van der Waals surface area contributed by atoms with Crippen LogP contribution in [0.2, 0.25) is 0 Å². The summed E-state index contributed by atoms with van der Waals surface area (Å²) in [6.45, 7) is 15.0. The Kier molecular flexibility index (Phi) is 6.95. The maximum absolute atomic E-state index is 13.0. The van der Waals surface area contributed by atoms with Gasteiger partial charge in [0.15, 0.2) is 11.7 Å². The van der Waals surface area contributed by atoms with Gasteiger partial charge in [0, 0.05) is 51.4 Å². The Labute approximate surface area is 165 Å². The third-order valence-corrected chi connectivity index (χ3v) is 4.94. The molecule has 0 spiro atoms. The van der Waals surface area contributed by atoms with Crippen molar-refractivity contribution in [1.29, 1.82) is 0 Å². The van der Waals surface area contributed by atoms with Gasteiger partial charge in [0.05, 0.1) is 27.2 Å². The first kappa shape index (κ1) is 20.3. The molecule has 0 aliphatic carbocycles. The van der Waals surface area contributed by atoms with Crippen LogP contribution in [-0.4, -0.2) is 43.6 Å². The molecule has 1 aromatic carbocycles. The summed E-state index contributed by atoms with van der Waals surface area (Å²) in [5.74, 6) is 0.222. The number of benzene rings is 1. The van der Waals surface area contributed by atoms with Crippen LogP contribution in [0.4, 0.5) is 11.4 Å². The van der Waals surface area contributed by atoms with Crippen LogP contribution in [0, 0.1) is 20.4 Å². The Balaban J connectivity index is 0.00000264. The van der Waals surface area contributed by atoms with Crippen molar-refractivity contribution in [2.45, 2.75) is 39.7 Å². The largest absolute Gasteiger partial charge is 0.318 e. The van der Waals surface area contributed by atoms with E-state index in [9.17, 15) is 4.79 Å². The molecule has 0 aromatic heterocycles. The molecule has 121 valence electrons. The van der Waals surface area contributed by atoms with E-state index in [1.165, 1.54) is 0 Å². The minimum atomic E-state index is 0. The molecule has 1 aliphatic rings. The number of anilines is 1. The maximum atomic E-state index is 13.0. The van der Waals surface area contributed by atoms with Crippen molar-refractivity contribution in [3.8, 4) is 0 Å². The van der Waals surface area contributed by atoms with Gasteiger partial charge in [0.25, 0.3) is 5.91 Å². The molecule has 1 atom stereocenters. The molecule has 1 amide bonds. The third kappa shape index (κ3) is 4.02. The number of carbonyl (C=O) groups is 1. The van der Waals surface area contributed by atoms with Gasteiger partial charge >= 0.3 is 0 Å². The maximum Gasteiger partial charge on any atom is 0.285 e. The van der Waals surface area contributed by atoms with Crippen molar-refractivity contribution in [2.24, 2.45) is 0 Å². The fourth-order valence-electron chi connectivity index (χ4n) is 3.37. The molecule has 0 bridgehead atoms. The minimum absolute atomic E-state index is 0. The standard InChI is InChI=1S/C18H26N3O.Y/c1-7-21(5,6)16-9-8-10-20(18(16)22)17-13(2)11-15(19-4)12-14(17)3;/h11-12,16H,7-10H2,1-3,5-6H3;/q+1;. The molecule has 2 rings (SSSR count). The van der Waals surface area contributed by atoms with Crippen molar-refractivity contribution in [3.05, 3.63) is 34.7 Å². The third-order valence-electron chi connectivity index (χ3n) is 4.94. The Morgan fingerprint density at radius 2 is 1.87 bits per heavy atom. The molecule has 0 saturated carbocycles. The number of piperidine rings is 1. The van der Waals surface area contributed by atoms with Crippen LogP contribution < -0.4 is 4.90 Å². The van der Waals surface area contributed by atoms with E-state index in [0.717, 1.165) is 47.2 Å². The first-order valence-electron chi connectivity index (χ1n) is 7.94. The molecule has 23 heavy (non-hydrogen) atoms. The van der Waals surface area contributed by atoms with Gasteiger partial charge in [-0.25, -0.2) is 4.85 Å². The van der Waals surface area contributed by atoms with Gasteiger partial charge in [0.1, 0.15) is 0 Å². The quantitative estimate of drug-likeness (QED) is 0.574. The van der Waals surface area contributed by atoms with Gasteiger partial charge in [0.2, 0.25) is 0 Å². The van der Waals surface area contributed by atoms with Gasteiger partial charge in [-0.2, -0.15) is 0 Å². The number of rotatable bonds is 3. The topological polar surface area (TPSA) is 24.7 Å². The van der Waals surface area contributed by atoms with Crippen LogP contribution in [0.1, 0.15) is 30.9 Å². The summed E-state index contributed by atoms with van der Waals surface area (Å²) in [5, 5.41) is 0. The average molecular weight is 389 g/mol. The molecule has 1 aromatic rings. The number of likely N-dealkylation sites (N-methyl/N-ethyl adjacent to an activating group) is 1. The van der Waals surface area contributed by atoms with Crippen LogP contribution in [0.3, 0.4) is 0 Å². The molecule has 1 fully saturated rings. The summed E-state index contributed by atoms with van der Waals surface area (Å²) in [6.07, 6.45) is 1.98. The predicted octanol–water partition coefficient (Wildman–Crippen LogP) is 3.44. The molecule has 1 aliphatic heterocycles. The summed E-state index contributed by atoms with van der Waals surface area (Å²) in [6, 6.07) is 3.79. The Morgan fingerprint density at radius 3 is 2.35 bits per heavy atom. The summed E-state index contributed by atoms with van der Waals surface area (Å²) in [4.78, 5) is 18.5. The number of amides is 1. The number of quaternary nitrogens is 1. The van der Waals surface area contributed by atoms with Gasteiger partial charge in [-0.1, -0.05) is 12.1 Å². The van der Waals surface area contributed by atoms with Crippen LogP contribution in [0.5, 0.6) is 0 Å². The van der Waals surface area contributed by atoms with Crippen molar-refractivity contribution >= 4 is 17.3 Å². The Bertz CT molecular complexity index is 611. The number of hydrogen-bond donors (Lipinski definition) is 0. The molecule has 1 heterocycles. The van der Waals surface area contributed by atoms with Crippen molar-refractivity contribution in [2.75, 3.05) is 32.1 Å². The van der Waals surface area contributed by atoms with Crippen molar-refractivity contribution in [1.82, 2.24) is 0 Å². The first-order valence-corrected chi connectivity index (χ1v) is 7.94. The number of aryl methyl sites for hydroxylation is 2. The monoisotopic (exact) mass is 389 g/mol. The SMILES string of the molecule is [C-]#[N+]c1cc(C)c(N2CCCC([N+](C)(C)CC)C2=O)c(C)c1.[Y]. The van der Waals surface area contributed by atoms with E-state index in [0.29, 0.717) is 5.69 Å². The van der Waals surface area contributed by atoms with Crippen molar-refractivity contribution < 1.29 is 42.0 Å². The van der Waals surface area contributed by atoms with E-state index in [2.05, 4.69) is 25.9 Å². The van der Waals surface area contributed by atoms with Gasteiger partial charge in [-0.05, 0) is 38.3 Å². The molecule has 0 N–H and O–H groups in total. The first-order chi connectivity index (χ1) is 10.3. The Hall–Kier alpha value is -0.756. The molecular weight excluding hydrogens is 363 g/mol. The van der Waals surface area contributed by atoms with E-state index in [1.807, 2.05) is 30.9 Å². The summed E-state index contributed by atoms with van der Waals surface area (Å²) in [5.41, 5.74) is 3.67. The molecular formula is C18H26N3OY+. The van der Waals surface area contributed by atoms with Crippen molar-refractivity contribution in [3.63, 3.8) is 0 Å². The average Bonchev–Trinajstić information content (AvgIpc) is 2.47. The fourth-order valence-corrected chi connectivity index (χ4v) is 3.37. The van der Waals surface area contributed by atoms with Gasteiger partial charge in [-0.3, -0.25) is 4.79 Å².